The maximum Gasteiger partial charge on any atom is 0.0724 e. The van der Waals surface area contributed by atoms with Crippen molar-refractivity contribution in [3.63, 3.8) is 0 Å². The first-order valence-corrected chi connectivity index (χ1v) is 10.0. The topological polar surface area (TPSA) is 15.6 Å². The van der Waals surface area contributed by atoms with Crippen molar-refractivity contribution in [1.29, 1.82) is 0 Å². The number of hydrazone groups is 1. The number of anilines is 1. The highest BCUT2D eigenvalue weighted by atomic mass is 15.5. The van der Waals surface area contributed by atoms with Gasteiger partial charge in [-0.05, 0) is 58.5 Å². The van der Waals surface area contributed by atoms with E-state index in [4.69, 9.17) is 0 Å². The maximum absolute atomic E-state index is 4.32. The standard InChI is InChI=1S/C27H24N2/c1-18(25-16-14-19-9-5-8-12-26(19)29(25)28-4)20-13-15-22-21-10-6-7-11-23(21)27(2,3)24(22)17-20/h5-17H,4H2,1-3H3/b25-18+. The average molecular weight is 377 g/mol. The SMILES string of the molecule is C=NN1/C(=C(\C)c2ccc3c(c2)C(C)(C)c2ccccc2-3)C=Cc2ccccc21. The summed E-state index contributed by atoms with van der Waals surface area (Å²) in [6.07, 6.45) is 4.29. The van der Waals surface area contributed by atoms with Gasteiger partial charge in [0.1, 0.15) is 0 Å². The third kappa shape index (κ3) is 2.52. The van der Waals surface area contributed by atoms with Gasteiger partial charge in [0.25, 0.3) is 0 Å². The largest absolute Gasteiger partial charge is 0.233 e. The van der Waals surface area contributed by atoms with E-state index in [0.29, 0.717) is 0 Å². The molecule has 1 aliphatic heterocycles. The number of benzene rings is 3. The lowest BCUT2D eigenvalue weighted by Crippen LogP contribution is -2.19. The van der Waals surface area contributed by atoms with Crippen molar-refractivity contribution in [1.82, 2.24) is 0 Å². The van der Waals surface area contributed by atoms with Crippen LogP contribution in [-0.4, -0.2) is 6.72 Å². The summed E-state index contributed by atoms with van der Waals surface area (Å²) in [6.45, 7) is 10.6. The first kappa shape index (κ1) is 17.7. The zero-order chi connectivity index (χ0) is 20.2. The fourth-order valence-electron chi connectivity index (χ4n) is 4.71. The summed E-state index contributed by atoms with van der Waals surface area (Å²) < 4.78 is 0. The Bertz CT molecular complexity index is 1210. The Balaban J connectivity index is 1.65. The van der Waals surface area contributed by atoms with E-state index in [0.717, 1.165) is 16.9 Å². The Hall–Kier alpha value is -3.39. The van der Waals surface area contributed by atoms with E-state index in [-0.39, 0.29) is 5.41 Å². The molecule has 3 aromatic rings. The van der Waals surface area contributed by atoms with Crippen molar-refractivity contribution in [2.24, 2.45) is 5.10 Å². The number of rotatable bonds is 2. The second kappa shape index (κ2) is 6.31. The van der Waals surface area contributed by atoms with Crippen LogP contribution >= 0.6 is 0 Å². The quantitative estimate of drug-likeness (QED) is 0.445. The smallest absolute Gasteiger partial charge is 0.0724 e. The van der Waals surface area contributed by atoms with Crippen LogP contribution in [0.2, 0.25) is 0 Å². The molecule has 0 saturated carbocycles. The molecule has 0 unspecified atom stereocenters. The number of hydrogen-bond acceptors (Lipinski definition) is 2. The van der Waals surface area contributed by atoms with E-state index < -0.39 is 0 Å². The number of para-hydroxylation sites is 1. The minimum Gasteiger partial charge on any atom is -0.233 e. The summed E-state index contributed by atoms with van der Waals surface area (Å²) in [7, 11) is 0. The summed E-state index contributed by atoms with van der Waals surface area (Å²) in [6, 6.07) is 23.9. The van der Waals surface area contributed by atoms with E-state index in [1.165, 1.54) is 33.4 Å². The molecule has 5 rings (SSSR count). The summed E-state index contributed by atoms with van der Waals surface area (Å²) in [5.41, 5.74) is 11.2. The van der Waals surface area contributed by atoms with Crippen molar-refractivity contribution in [3.8, 4) is 11.1 Å². The summed E-state index contributed by atoms with van der Waals surface area (Å²) in [4.78, 5) is 0. The Morgan fingerprint density at radius 2 is 1.59 bits per heavy atom. The molecule has 1 heterocycles. The summed E-state index contributed by atoms with van der Waals surface area (Å²) in [5, 5.41) is 6.27. The molecule has 1 aliphatic carbocycles. The molecule has 0 bridgehead atoms. The van der Waals surface area contributed by atoms with Gasteiger partial charge in [-0.1, -0.05) is 74.5 Å². The highest BCUT2D eigenvalue weighted by Crippen LogP contribution is 2.49. The lowest BCUT2D eigenvalue weighted by molar-refractivity contribution is 0.660. The molecule has 142 valence electrons. The molecule has 0 atom stereocenters. The zero-order valence-corrected chi connectivity index (χ0v) is 17.1. The van der Waals surface area contributed by atoms with Crippen molar-refractivity contribution < 1.29 is 0 Å². The molecular weight excluding hydrogens is 352 g/mol. The van der Waals surface area contributed by atoms with Gasteiger partial charge >= 0.3 is 0 Å². The highest BCUT2D eigenvalue weighted by molar-refractivity contribution is 5.86. The lowest BCUT2D eigenvalue weighted by Gasteiger charge is -2.27. The van der Waals surface area contributed by atoms with Crippen LogP contribution in [0.3, 0.4) is 0 Å². The van der Waals surface area contributed by atoms with E-state index in [1.54, 1.807) is 0 Å². The molecule has 2 heteroatoms. The number of nitrogens with zero attached hydrogens (tertiary/aromatic N) is 2. The van der Waals surface area contributed by atoms with Crippen LogP contribution in [0, 0.1) is 0 Å². The van der Waals surface area contributed by atoms with Gasteiger partial charge in [-0.15, -0.1) is 0 Å². The maximum atomic E-state index is 4.32. The molecule has 0 saturated heterocycles. The van der Waals surface area contributed by atoms with Crippen LogP contribution in [0.5, 0.6) is 0 Å². The van der Waals surface area contributed by atoms with Gasteiger partial charge < -0.3 is 0 Å². The van der Waals surface area contributed by atoms with Gasteiger partial charge in [0, 0.05) is 17.7 Å². The molecule has 0 N–H and O–H groups in total. The van der Waals surface area contributed by atoms with Gasteiger partial charge in [0.15, 0.2) is 0 Å². The third-order valence-electron chi connectivity index (χ3n) is 6.36. The Kier molecular flexibility index (Phi) is 3.85. The highest BCUT2D eigenvalue weighted by Gasteiger charge is 2.35. The molecule has 3 aromatic carbocycles. The van der Waals surface area contributed by atoms with E-state index in [9.17, 15) is 0 Å². The Morgan fingerprint density at radius 3 is 2.41 bits per heavy atom. The van der Waals surface area contributed by atoms with Gasteiger partial charge in [-0.3, -0.25) is 0 Å². The zero-order valence-electron chi connectivity index (χ0n) is 17.1. The normalized spacial score (nSPS) is 17.4. The van der Waals surface area contributed by atoms with Crippen LogP contribution in [0.4, 0.5) is 5.69 Å². The molecule has 2 nitrogen and oxygen atoms in total. The van der Waals surface area contributed by atoms with Gasteiger partial charge in [0.05, 0.1) is 11.4 Å². The van der Waals surface area contributed by atoms with Crippen LogP contribution in [0.25, 0.3) is 22.8 Å². The fraction of sp³-hybridized carbons (Fsp3) is 0.148. The second-order valence-electron chi connectivity index (χ2n) is 8.29. The van der Waals surface area contributed by atoms with Gasteiger partial charge in [-0.25, -0.2) is 5.01 Å². The molecule has 0 radical (unpaired) electrons. The predicted molar refractivity (Wildman–Crippen MR) is 124 cm³/mol. The van der Waals surface area contributed by atoms with Crippen molar-refractivity contribution >= 4 is 24.1 Å². The number of hydrogen-bond donors (Lipinski definition) is 0. The molecule has 0 aromatic heterocycles. The lowest BCUT2D eigenvalue weighted by atomic mass is 9.81. The average Bonchev–Trinajstić information content (AvgIpc) is 2.99. The number of allylic oxidation sites excluding steroid dienone is 2. The van der Waals surface area contributed by atoms with Crippen LogP contribution in [0.1, 0.15) is 43.0 Å². The van der Waals surface area contributed by atoms with E-state index >= 15 is 0 Å². The van der Waals surface area contributed by atoms with Gasteiger partial charge in [-0.2, -0.15) is 5.10 Å². The second-order valence-corrected chi connectivity index (χ2v) is 8.29. The molecule has 2 aliphatic rings. The van der Waals surface area contributed by atoms with Crippen molar-refractivity contribution in [2.75, 3.05) is 5.01 Å². The Morgan fingerprint density at radius 1 is 0.862 bits per heavy atom. The summed E-state index contributed by atoms with van der Waals surface area (Å²) in [5.74, 6) is 0. The van der Waals surface area contributed by atoms with Crippen LogP contribution in [-0.2, 0) is 5.41 Å². The van der Waals surface area contributed by atoms with Crippen molar-refractivity contribution in [2.45, 2.75) is 26.2 Å². The van der Waals surface area contributed by atoms with E-state index in [2.05, 4.69) is 99.3 Å². The first-order valence-electron chi connectivity index (χ1n) is 10.0. The minimum absolute atomic E-state index is 0.00173. The van der Waals surface area contributed by atoms with Crippen LogP contribution in [0.15, 0.2) is 83.6 Å². The molecular formula is C27H24N2. The fourth-order valence-corrected chi connectivity index (χ4v) is 4.71. The summed E-state index contributed by atoms with van der Waals surface area (Å²) >= 11 is 0. The molecule has 0 amide bonds. The third-order valence-corrected chi connectivity index (χ3v) is 6.36. The molecule has 0 spiro atoms. The predicted octanol–water partition coefficient (Wildman–Crippen LogP) is 6.87. The van der Waals surface area contributed by atoms with Crippen LogP contribution < -0.4 is 5.01 Å². The monoisotopic (exact) mass is 376 g/mol. The minimum atomic E-state index is -0.00173. The first-order chi connectivity index (χ1) is 14.0. The van der Waals surface area contributed by atoms with Crippen molar-refractivity contribution in [3.05, 3.63) is 101 Å². The molecule has 29 heavy (non-hydrogen) atoms. The number of fused-ring (bicyclic) bond motifs is 4. The molecule has 0 fully saturated rings. The Labute approximate surface area is 172 Å². The van der Waals surface area contributed by atoms with Gasteiger partial charge in [0.2, 0.25) is 0 Å². The van der Waals surface area contributed by atoms with E-state index in [1.807, 2.05) is 17.1 Å².